The third-order valence-corrected chi connectivity index (χ3v) is 7.82. The highest BCUT2D eigenvalue weighted by molar-refractivity contribution is 5.79. The first-order chi connectivity index (χ1) is 19.7. The van der Waals surface area contributed by atoms with Gasteiger partial charge in [0.15, 0.2) is 5.65 Å². The van der Waals surface area contributed by atoms with Crippen LogP contribution >= 0.6 is 0 Å². The molecule has 0 bridgehead atoms. The minimum Gasteiger partial charge on any atom is -0.467 e. The summed E-state index contributed by atoms with van der Waals surface area (Å²) in [6.07, 6.45) is 2.32. The molecule has 4 aromatic rings. The largest absolute Gasteiger partial charge is 0.467 e. The van der Waals surface area contributed by atoms with Gasteiger partial charge in [0, 0.05) is 50.6 Å². The predicted molar refractivity (Wildman–Crippen MR) is 146 cm³/mol. The van der Waals surface area contributed by atoms with Crippen LogP contribution in [0.1, 0.15) is 23.6 Å². The number of imidazole rings is 1. The molecule has 1 atom stereocenters. The standard InChI is InChI=1S/C28H29F3N8O2/c1-18-14-37(10-11-39(18)25(40)16-38-17-35-23-4-3-8-32-26(23)38)24-6-5-22(28(29,30)31)20-7-9-36(15-21(20)24)19-12-33-27(41-2)34-13-19/h3-6,8,12-13,17-18H,7,9-11,14-16H2,1-2H3. The molecule has 6 rings (SSSR count). The number of ether oxygens (including phenoxy) is 1. The van der Waals surface area contributed by atoms with Gasteiger partial charge in [-0.1, -0.05) is 0 Å². The number of halogens is 3. The van der Waals surface area contributed by atoms with Crippen molar-refractivity contribution in [3.05, 3.63) is 65.9 Å². The Morgan fingerprint density at radius 2 is 1.83 bits per heavy atom. The summed E-state index contributed by atoms with van der Waals surface area (Å²) in [6, 6.07) is 6.49. The molecule has 5 heterocycles. The fourth-order valence-corrected chi connectivity index (χ4v) is 5.82. The Hall–Kier alpha value is -4.42. The number of aromatic nitrogens is 5. The Labute approximate surface area is 234 Å². The van der Waals surface area contributed by atoms with E-state index in [4.69, 9.17) is 4.74 Å². The molecule has 2 aliphatic rings. The van der Waals surface area contributed by atoms with Crippen molar-refractivity contribution in [2.75, 3.05) is 43.1 Å². The van der Waals surface area contributed by atoms with Crippen molar-refractivity contribution in [1.29, 1.82) is 0 Å². The van der Waals surface area contributed by atoms with Gasteiger partial charge in [-0.2, -0.15) is 13.2 Å². The summed E-state index contributed by atoms with van der Waals surface area (Å²) < 4.78 is 48.8. The third kappa shape index (κ3) is 5.11. The molecular weight excluding hydrogens is 537 g/mol. The number of pyridine rings is 1. The Morgan fingerprint density at radius 1 is 1.02 bits per heavy atom. The van der Waals surface area contributed by atoms with Gasteiger partial charge in [0.05, 0.1) is 37.1 Å². The van der Waals surface area contributed by atoms with Gasteiger partial charge in [-0.25, -0.2) is 19.9 Å². The van der Waals surface area contributed by atoms with Crippen LogP contribution in [0.15, 0.2) is 49.2 Å². The summed E-state index contributed by atoms with van der Waals surface area (Å²) in [6.45, 7) is 4.23. The summed E-state index contributed by atoms with van der Waals surface area (Å²) in [4.78, 5) is 36.1. The highest BCUT2D eigenvalue weighted by atomic mass is 19.4. The maximum atomic E-state index is 14.0. The van der Waals surface area contributed by atoms with E-state index < -0.39 is 11.7 Å². The van der Waals surface area contributed by atoms with E-state index in [9.17, 15) is 18.0 Å². The van der Waals surface area contributed by atoms with Crippen LogP contribution in [0.3, 0.4) is 0 Å². The lowest BCUT2D eigenvalue weighted by Gasteiger charge is -2.43. The van der Waals surface area contributed by atoms with Crippen LogP contribution in [-0.2, 0) is 30.5 Å². The quantitative estimate of drug-likeness (QED) is 0.362. The van der Waals surface area contributed by atoms with E-state index in [1.807, 2.05) is 22.8 Å². The SMILES string of the molecule is COc1ncc(N2CCc3c(C(F)(F)F)ccc(N4CCN(C(=O)Cn5cnc6cccnc65)C(C)C4)c3C2)cn1. The van der Waals surface area contributed by atoms with E-state index >= 15 is 0 Å². The van der Waals surface area contributed by atoms with Gasteiger partial charge in [0.25, 0.3) is 0 Å². The number of methoxy groups -OCH3 is 1. The Kier molecular flexibility index (Phi) is 6.88. The number of alkyl halides is 3. The first-order valence-corrected chi connectivity index (χ1v) is 13.4. The molecule has 3 aromatic heterocycles. The van der Waals surface area contributed by atoms with Crippen LogP contribution in [0.25, 0.3) is 11.2 Å². The van der Waals surface area contributed by atoms with Gasteiger partial charge >= 0.3 is 12.2 Å². The second-order valence-corrected chi connectivity index (χ2v) is 10.3. The van der Waals surface area contributed by atoms with Gasteiger partial charge in [-0.3, -0.25) is 4.79 Å². The molecule has 13 heteroatoms. The van der Waals surface area contributed by atoms with Crippen LogP contribution in [0, 0.1) is 0 Å². The molecule has 0 saturated carbocycles. The molecule has 1 saturated heterocycles. The second kappa shape index (κ2) is 10.5. The van der Waals surface area contributed by atoms with Crippen LogP contribution in [0.5, 0.6) is 6.01 Å². The highest BCUT2D eigenvalue weighted by Gasteiger charge is 2.38. The molecule has 1 amide bonds. The number of carbonyl (C=O) groups excluding carboxylic acids is 1. The number of carbonyl (C=O) groups is 1. The molecular formula is C28H29F3N8O2. The first-order valence-electron chi connectivity index (χ1n) is 13.4. The molecule has 41 heavy (non-hydrogen) atoms. The fraction of sp³-hybridized carbons (Fsp3) is 0.393. The molecule has 1 aromatic carbocycles. The lowest BCUT2D eigenvalue weighted by molar-refractivity contribution is -0.138. The maximum absolute atomic E-state index is 14.0. The average molecular weight is 567 g/mol. The zero-order valence-electron chi connectivity index (χ0n) is 22.7. The van der Waals surface area contributed by atoms with Crippen molar-refractivity contribution in [3.8, 4) is 6.01 Å². The number of hydrogen-bond donors (Lipinski definition) is 0. The van der Waals surface area contributed by atoms with E-state index in [2.05, 4.69) is 24.8 Å². The number of fused-ring (bicyclic) bond motifs is 2. The number of nitrogens with zero attached hydrogens (tertiary/aromatic N) is 8. The lowest BCUT2D eigenvalue weighted by atomic mass is 9.91. The number of anilines is 2. The molecule has 2 aliphatic heterocycles. The van der Waals surface area contributed by atoms with Crippen LogP contribution < -0.4 is 14.5 Å². The molecule has 1 fully saturated rings. The van der Waals surface area contributed by atoms with Crippen molar-refractivity contribution in [2.24, 2.45) is 0 Å². The minimum atomic E-state index is -4.45. The minimum absolute atomic E-state index is 0.0535. The second-order valence-electron chi connectivity index (χ2n) is 10.3. The number of hydrogen-bond acceptors (Lipinski definition) is 8. The molecule has 10 nitrogen and oxygen atoms in total. The van der Waals surface area contributed by atoms with Crippen molar-refractivity contribution in [1.82, 2.24) is 29.4 Å². The highest BCUT2D eigenvalue weighted by Crippen LogP contribution is 2.40. The van der Waals surface area contributed by atoms with Crippen molar-refractivity contribution < 1.29 is 22.7 Å². The van der Waals surface area contributed by atoms with Crippen molar-refractivity contribution >= 4 is 28.4 Å². The number of rotatable bonds is 5. The van der Waals surface area contributed by atoms with Gasteiger partial charge in [-0.05, 0) is 48.7 Å². The lowest BCUT2D eigenvalue weighted by Crippen LogP contribution is -2.55. The monoisotopic (exact) mass is 566 g/mol. The number of piperazine rings is 1. The summed E-state index contributed by atoms with van der Waals surface area (Å²) in [5.74, 6) is -0.0535. The number of amides is 1. The zero-order valence-corrected chi connectivity index (χ0v) is 22.7. The van der Waals surface area contributed by atoms with Crippen LogP contribution in [0.2, 0.25) is 0 Å². The maximum Gasteiger partial charge on any atom is 0.416 e. The van der Waals surface area contributed by atoms with E-state index in [0.29, 0.717) is 55.2 Å². The topological polar surface area (TPSA) is 92.5 Å². The number of benzene rings is 1. The Morgan fingerprint density at radius 3 is 2.56 bits per heavy atom. The summed E-state index contributed by atoms with van der Waals surface area (Å²) in [5.41, 5.74) is 3.22. The Bertz CT molecular complexity index is 1570. The van der Waals surface area contributed by atoms with Crippen molar-refractivity contribution in [2.45, 2.75) is 38.7 Å². The van der Waals surface area contributed by atoms with Gasteiger partial charge < -0.3 is 24.0 Å². The summed E-state index contributed by atoms with van der Waals surface area (Å²) in [5, 5.41) is 0. The molecule has 0 aliphatic carbocycles. The smallest absolute Gasteiger partial charge is 0.416 e. The first kappa shape index (κ1) is 26.8. The van der Waals surface area contributed by atoms with Gasteiger partial charge in [0.2, 0.25) is 5.91 Å². The van der Waals surface area contributed by atoms with Crippen LogP contribution in [-0.4, -0.2) is 74.6 Å². The summed E-state index contributed by atoms with van der Waals surface area (Å²) in [7, 11) is 1.47. The molecule has 1 unspecified atom stereocenters. The molecule has 0 spiro atoms. The van der Waals surface area contributed by atoms with Crippen LogP contribution in [0.4, 0.5) is 24.5 Å². The van der Waals surface area contributed by atoms with E-state index in [-0.39, 0.29) is 30.9 Å². The third-order valence-electron chi connectivity index (χ3n) is 7.82. The molecule has 0 N–H and O–H groups in total. The van der Waals surface area contributed by atoms with E-state index in [1.54, 1.807) is 41.6 Å². The summed E-state index contributed by atoms with van der Waals surface area (Å²) >= 11 is 0. The van der Waals surface area contributed by atoms with E-state index in [1.165, 1.54) is 13.2 Å². The van der Waals surface area contributed by atoms with Gasteiger partial charge in [0.1, 0.15) is 12.1 Å². The zero-order chi connectivity index (χ0) is 28.7. The fourth-order valence-electron chi connectivity index (χ4n) is 5.82. The molecule has 214 valence electrons. The Balaban J connectivity index is 1.23. The van der Waals surface area contributed by atoms with E-state index in [0.717, 1.165) is 11.2 Å². The van der Waals surface area contributed by atoms with Gasteiger partial charge in [-0.15, -0.1) is 0 Å². The van der Waals surface area contributed by atoms with Crippen molar-refractivity contribution in [3.63, 3.8) is 0 Å². The predicted octanol–water partition coefficient (Wildman–Crippen LogP) is 3.55. The average Bonchev–Trinajstić information content (AvgIpc) is 3.38. The molecule has 0 radical (unpaired) electrons. The normalized spacial score (nSPS) is 17.6.